The Labute approximate surface area is 104 Å². The monoisotopic (exact) mass is 250 g/mol. The van der Waals surface area contributed by atoms with E-state index in [0.717, 1.165) is 5.56 Å². The van der Waals surface area contributed by atoms with Gasteiger partial charge in [0.1, 0.15) is 0 Å². The van der Waals surface area contributed by atoms with E-state index in [9.17, 15) is 9.59 Å². The summed E-state index contributed by atoms with van der Waals surface area (Å²) in [5.41, 5.74) is 4.43. The summed E-state index contributed by atoms with van der Waals surface area (Å²) in [4.78, 5) is 26.5. The van der Waals surface area contributed by atoms with Gasteiger partial charge in [-0.3, -0.25) is 9.63 Å². The number of hydroxylamine groups is 1. The maximum absolute atomic E-state index is 11.7. The molecule has 1 atom stereocenters. The minimum atomic E-state index is -1.13. The normalized spacial score (nSPS) is 17.9. The largest absolute Gasteiger partial charge is 0.479 e. The van der Waals surface area contributed by atoms with Crippen molar-refractivity contribution in [3.05, 3.63) is 35.4 Å². The van der Waals surface area contributed by atoms with Crippen molar-refractivity contribution >= 4 is 11.9 Å². The van der Waals surface area contributed by atoms with Crippen molar-refractivity contribution in [3.8, 4) is 0 Å². The van der Waals surface area contributed by atoms with E-state index in [4.69, 9.17) is 5.11 Å². The number of carbonyl (C=O) groups is 2. The van der Waals surface area contributed by atoms with Crippen molar-refractivity contribution in [2.24, 2.45) is 0 Å². The van der Waals surface area contributed by atoms with Gasteiger partial charge < -0.3 is 10.4 Å². The Hall–Kier alpha value is -1.92. The summed E-state index contributed by atoms with van der Waals surface area (Å²) in [5.74, 6) is -1.48. The van der Waals surface area contributed by atoms with Crippen LogP contribution in [0.4, 0.5) is 0 Å². The van der Waals surface area contributed by atoms with E-state index in [1.165, 1.54) is 5.56 Å². The summed E-state index contributed by atoms with van der Waals surface area (Å²) in [6, 6.07) is 7.48. The molecule has 0 saturated heterocycles. The molecule has 1 aliphatic rings. The number of rotatable bonds is 4. The maximum Gasteiger partial charge on any atom is 0.332 e. The average Bonchev–Trinajstić information content (AvgIpc) is 2.37. The van der Waals surface area contributed by atoms with E-state index in [0.29, 0.717) is 13.0 Å². The molecule has 0 unspecified atom stereocenters. The Kier molecular flexibility index (Phi) is 3.91. The van der Waals surface area contributed by atoms with Crippen LogP contribution >= 0.6 is 0 Å². The van der Waals surface area contributed by atoms with Crippen LogP contribution in [0, 0.1) is 0 Å². The van der Waals surface area contributed by atoms with Gasteiger partial charge in [-0.1, -0.05) is 24.3 Å². The fourth-order valence-electron chi connectivity index (χ4n) is 1.88. The number of amides is 1. The van der Waals surface area contributed by atoms with Gasteiger partial charge in [0.2, 0.25) is 0 Å². The summed E-state index contributed by atoms with van der Waals surface area (Å²) >= 11 is 0. The number of nitrogens with one attached hydrogen (secondary N) is 2. The van der Waals surface area contributed by atoms with Crippen LogP contribution in [-0.4, -0.2) is 29.6 Å². The van der Waals surface area contributed by atoms with Gasteiger partial charge in [-0.2, -0.15) is 0 Å². The number of carboxylic acid groups (broad SMARTS) is 1. The number of benzene rings is 1. The third kappa shape index (κ3) is 3.06. The zero-order chi connectivity index (χ0) is 13.0. The van der Waals surface area contributed by atoms with E-state index >= 15 is 0 Å². The van der Waals surface area contributed by atoms with Crippen LogP contribution in [0.3, 0.4) is 0 Å². The minimum Gasteiger partial charge on any atom is -0.479 e. The van der Waals surface area contributed by atoms with Crippen molar-refractivity contribution in [3.63, 3.8) is 0 Å². The van der Waals surface area contributed by atoms with Gasteiger partial charge in [-0.05, 0) is 17.5 Å². The lowest BCUT2D eigenvalue weighted by Crippen LogP contribution is -2.47. The van der Waals surface area contributed by atoms with E-state index in [-0.39, 0.29) is 5.91 Å². The summed E-state index contributed by atoms with van der Waals surface area (Å²) in [5, 5.41) is 11.4. The number of aliphatic carboxylic acids is 1. The Morgan fingerprint density at radius 2 is 2.11 bits per heavy atom. The van der Waals surface area contributed by atoms with Gasteiger partial charge in [0.15, 0.2) is 6.61 Å². The number of hydrogen-bond acceptors (Lipinski definition) is 4. The van der Waals surface area contributed by atoms with Crippen molar-refractivity contribution in [2.75, 3.05) is 6.61 Å². The molecule has 1 aliphatic heterocycles. The molecule has 0 fully saturated rings. The molecule has 6 heteroatoms. The second-order valence-electron chi connectivity index (χ2n) is 4.06. The lowest BCUT2D eigenvalue weighted by Gasteiger charge is -2.24. The second kappa shape index (κ2) is 5.61. The Bertz CT molecular complexity index is 461. The number of carboxylic acids is 1. The molecular formula is C12H14N2O4. The molecule has 1 aromatic carbocycles. The summed E-state index contributed by atoms with van der Waals surface area (Å²) in [7, 11) is 0. The van der Waals surface area contributed by atoms with Gasteiger partial charge in [0.25, 0.3) is 5.91 Å². The smallest absolute Gasteiger partial charge is 0.332 e. The van der Waals surface area contributed by atoms with E-state index in [1.54, 1.807) is 0 Å². The summed E-state index contributed by atoms with van der Waals surface area (Å²) in [6.07, 6.45) is 0.568. The molecule has 96 valence electrons. The molecule has 1 aromatic rings. The molecule has 1 amide bonds. The van der Waals surface area contributed by atoms with Crippen LogP contribution < -0.4 is 10.8 Å². The fraction of sp³-hybridized carbons (Fsp3) is 0.333. The van der Waals surface area contributed by atoms with Crippen molar-refractivity contribution < 1.29 is 19.5 Å². The first-order valence-corrected chi connectivity index (χ1v) is 5.60. The summed E-state index contributed by atoms with van der Waals surface area (Å²) in [6.45, 7) is 0.0717. The van der Waals surface area contributed by atoms with E-state index in [1.807, 2.05) is 24.3 Å². The highest BCUT2D eigenvalue weighted by atomic mass is 16.7. The molecule has 0 aliphatic carbocycles. The van der Waals surface area contributed by atoms with Crippen LogP contribution in [0.25, 0.3) is 0 Å². The number of hydrogen-bond donors (Lipinski definition) is 3. The molecule has 2 rings (SSSR count). The molecule has 1 heterocycles. The molecule has 6 nitrogen and oxygen atoms in total. The third-order valence-corrected chi connectivity index (χ3v) is 2.77. The first kappa shape index (κ1) is 12.5. The molecule has 0 bridgehead atoms. The second-order valence-corrected chi connectivity index (χ2v) is 4.06. The van der Waals surface area contributed by atoms with Crippen LogP contribution in [0.5, 0.6) is 0 Å². The third-order valence-electron chi connectivity index (χ3n) is 2.77. The molecule has 0 spiro atoms. The quantitative estimate of drug-likeness (QED) is 0.646. The number of carbonyl (C=O) groups excluding carboxylic acids is 1. The molecular weight excluding hydrogens is 236 g/mol. The highest BCUT2D eigenvalue weighted by molar-refractivity contribution is 5.81. The van der Waals surface area contributed by atoms with E-state index < -0.39 is 18.6 Å². The SMILES string of the molecule is O=C(O)CONC(=O)[C@@H]1Cc2ccccc2CN1. The van der Waals surface area contributed by atoms with Crippen LogP contribution in [0.15, 0.2) is 24.3 Å². The van der Waals surface area contributed by atoms with Gasteiger partial charge in [-0.15, -0.1) is 0 Å². The van der Waals surface area contributed by atoms with Crippen molar-refractivity contribution in [2.45, 2.75) is 19.0 Å². The van der Waals surface area contributed by atoms with Crippen molar-refractivity contribution in [1.82, 2.24) is 10.8 Å². The highest BCUT2D eigenvalue weighted by Crippen LogP contribution is 2.16. The average molecular weight is 250 g/mol. The Morgan fingerprint density at radius 1 is 1.39 bits per heavy atom. The minimum absolute atomic E-state index is 0.356. The first-order chi connectivity index (χ1) is 8.66. The van der Waals surface area contributed by atoms with Gasteiger partial charge in [-0.25, -0.2) is 10.3 Å². The molecule has 0 saturated carbocycles. The van der Waals surface area contributed by atoms with Crippen LogP contribution in [-0.2, 0) is 27.4 Å². The lowest BCUT2D eigenvalue weighted by atomic mass is 9.96. The molecule has 18 heavy (non-hydrogen) atoms. The predicted molar refractivity (Wildman–Crippen MR) is 62.5 cm³/mol. The van der Waals surface area contributed by atoms with E-state index in [2.05, 4.69) is 15.6 Å². The lowest BCUT2D eigenvalue weighted by molar-refractivity contribution is -0.150. The standard InChI is InChI=1S/C12H14N2O4/c15-11(16)7-18-14-12(17)10-5-8-3-1-2-4-9(8)6-13-10/h1-4,10,13H,5-7H2,(H,14,17)(H,15,16)/t10-/m0/s1. The van der Waals surface area contributed by atoms with Crippen LogP contribution in [0.1, 0.15) is 11.1 Å². The summed E-state index contributed by atoms with van der Waals surface area (Å²) < 4.78 is 0. The highest BCUT2D eigenvalue weighted by Gasteiger charge is 2.23. The Balaban J connectivity index is 1.88. The maximum atomic E-state index is 11.7. The zero-order valence-corrected chi connectivity index (χ0v) is 9.68. The predicted octanol–water partition coefficient (Wildman–Crippen LogP) is -0.167. The Morgan fingerprint density at radius 3 is 2.83 bits per heavy atom. The van der Waals surface area contributed by atoms with Gasteiger partial charge >= 0.3 is 5.97 Å². The first-order valence-electron chi connectivity index (χ1n) is 5.60. The topological polar surface area (TPSA) is 87.7 Å². The van der Waals surface area contributed by atoms with Crippen LogP contribution in [0.2, 0.25) is 0 Å². The van der Waals surface area contributed by atoms with Gasteiger partial charge in [0.05, 0.1) is 6.04 Å². The zero-order valence-electron chi connectivity index (χ0n) is 9.68. The molecule has 3 N–H and O–H groups in total. The molecule has 0 radical (unpaired) electrons. The molecule has 0 aromatic heterocycles. The number of fused-ring (bicyclic) bond motifs is 1. The van der Waals surface area contributed by atoms with Crippen molar-refractivity contribution in [1.29, 1.82) is 0 Å². The fourth-order valence-corrected chi connectivity index (χ4v) is 1.88. The van der Waals surface area contributed by atoms with Gasteiger partial charge in [0, 0.05) is 6.54 Å².